The number of aromatic nitrogens is 2. The molecule has 1 aliphatic heterocycles. The molecule has 0 atom stereocenters. The molecule has 0 aliphatic carbocycles. The minimum Gasteiger partial charge on any atom is -0.381 e. The third-order valence-electron chi connectivity index (χ3n) is 3.76. The van der Waals surface area contributed by atoms with E-state index in [-0.39, 0.29) is 0 Å². The number of ether oxygens (including phenoxy) is 1. The molecule has 0 aromatic carbocycles. The van der Waals surface area contributed by atoms with Gasteiger partial charge in [0.1, 0.15) is 5.82 Å². The molecule has 3 rings (SSSR count). The van der Waals surface area contributed by atoms with Crippen molar-refractivity contribution in [1.82, 2.24) is 9.97 Å². The Balaban J connectivity index is 1.74. The van der Waals surface area contributed by atoms with E-state index in [2.05, 4.69) is 15.3 Å². The van der Waals surface area contributed by atoms with Crippen molar-refractivity contribution in [3.63, 3.8) is 0 Å². The zero-order valence-electron chi connectivity index (χ0n) is 12.1. The quantitative estimate of drug-likeness (QED) is 0.871. The molecule has 0 bridgehead atoms. The molecule has 6 heteroatoms. The first-order chi connectivity index (χ1) is 10.7. The molecule has 0 radical (unpaired) electrons. The largest absolute Gasteiger partial charge is 0.381 e. The summed E-state index contributed by atoms with van der Waals surface area (Å²) in [5.41, 5.74) is 1.17. The van der Waals surface area contributed by atoms with Crippen LogP contribution in [0.4, 0.5) is 10.2 Å². The van der Waals surface area contributed by atoms with Crippen molar-refractivity contribution in [3.05, 3.63) is 41.4 Å². The summed E-state index contributed by atoms with van der Waals surface area (Å²) in [5, 5.41) is 3.82. The van der Waals surface area contributed by atoms with Crippen LogP contribution in [-0.4, -0.2) is 29.7 Å². The van der Waals surface area contributed by atoms with Crippen LogP contribution in [0.25, 0.3) is 11.3 Å². The highest BCUT2D eigenvalue weighted by molar-refractivity contribution is 6.33. The molecule has 3 heterocycles. The minimum absolute atomic E-state index is 0.488. The van der Waals surface area contributed by atoms with Crippen LogP contribution < -0.4 is 5.32 Å². The van der Waals surface area contributed by atoms with Gasteiger partial charge in [0.15, 0.2) is 0 Å². The molecule has 0 spiro atoms. The highest BCUT2D eigenvalue weighted by Crippen LogP contribution is 2.27. The SMILES string of the molecule is Fc1cc(-c2nc(NCC3CCOCC3)ccc2Cl)ccn1. The number of anilines is 1. The van der Waals surface area contributed by atoms with Crippen LogP contribution in [0.1, 0.15) is 12.8 Å². The van der Waals surface area contributed by atoms with Crippen molar-refractivity contribution in [2.45, 2.75) is 12.8 Å². The van der Waals surface area contributed by atoms with E-state index in [1.54, 1.807) is 12.1 Å². The van der Waals surface area contributed by atoms with Gasteiger partial charge in [0.2, 0.25) is 5.95 Å². The van der Waals surface area contributed by atoms with Crippen molar-refractivity contribution in [2.75, 3.05) is 25.1 Å². The van der Waals surface area contributed by atoms with E-state index < -0.39 is 5.95 Å². The Hall–Kier alpha value is -1.72. The zero-order valence-corrected chi connectivity index (χ0v) is 12.8. The second-order valence-corrected chi connectivity index (χ2v) is 5.74. The second kappa shape index (κ2) is 7.03. The van der Waals surface area contributed by atoms with Gasteiger partial charge in [-0.25, -0.2) is 9.97 Å². The molecule has 2 aromatic rings. The Bertz CT molecular complexity index is 647. The van der Waals surface area contributed by atoms with Crippen molar-refractivity contribution >= 4 is 17.4 Å². The van der Waals surface area contributed by atoms with Crippen LogP contribution in [0.5, 0.6) is 0 Å². The summed E-state index contributed by atoms with van der Waals surface area (Å²) in [6, 6.07) is 6.63. The zero-order chi connectivity index (χ0) is 15.4. The average Bonchev–Trinajstić information content (AvgIpc) is 2.55. The Morgan fingerprint density at radius 3 is 2.86 bits per heavy atom. The standard InChI is InChI=1S/C16H17ClFN3O/c17-13-1-2-15(20-10-11-4-7-22-8-5-11)21-16(13)12-3-6-19-14(18)9-12/h1-3,6,9,11H,4-5,7-8,10H2,(H,20,21). The summed E-state index contributed by atoms with van der Waals surface area (Å²) in [6.07, 6.45) is 3.52. The van der Waals surface area contributed by atoms with Gasteiger partial charge in [-0.3, -0.25) is 0 Å². The minimum atomic E-state index is -0.545. The highest BCUT2D eigenvalue weighted by atomic mass is 35.5. The van der Waals surface area contributed by atoms with Crippen LogP contribution in [0.2, 0.25) is 5.02 Å². The fourth-order valence-corrected chi connectivity index (χ4v) is 2.71. The lowest BCUT2D eigenvalue weighted by atomic mass is 10.0. The van der Waals surface area contributed by atoms with Gasteiger partial charge in [0, 0.05) is 37.6 Å². The summed E-state index contributed by atoms with van der Waals surface area (Å²) >= 11 is 6.18. The lowest BCUT2D eigenvalue weighted by Gasteiger charge is -2.22. The molecule has 1 aliphatic rings. The molecule has 1 saturated heterocycles. The summed E-state index contributed by atoms with van der Waals surface area (Å²) in [4.78, 5) is 8.05. The fourth-order valence-electron chi connectivity index (χ4n) is 2.49. The number of rotatable bonds is 4. The number of halogens is 2. The molecule has 2 aromatic heterocycles. The van der Waals surface area contributed by atoms with Crippen molar-refractivity contribution < 1.29 is 9.13 Å². The van der Waals surface area contributed by atoms with Crippen LogP contribution >= 0.6 is 11.6 Å². The molecule has 0 amide bonds. The maximum Gasteiger partial charge on any atom is 0.213 e. The van der Waals surface area contributed by atoms with Crippen molar-refractivity contribution in [1.29, 1.82) is 0 Å². The maximum absolute atomic E-state index is 13.3. The Kier molecular flexibility index (Phi) is 4.85. The smallest absolute Gasteiger partial charge is 0.213 e. The maximum atomic E-state index is 13.3. The van der Waals surface area contributed by atoms with Gasteiger partial charge in [0.05, 0.1) is 10.7 Å². The van der Waals surface area contributed by atoms with Gasteiger partial charge < -0.3 is 10.1 Å². The average molecular weight is 322 g/mol. The first-order valence-electron chi connectivity index (χ1n) is 7.32. The molecule has 4 nitrogen and oxygen atoms in total. The third kappa shape index (κ3) is 3.72. The molecular weight excluding hydrogens is 305 g/mol. The van der Waals surface area contributed by atoms with Crippen LogP contribution in [-0.2, 0) is 4.74 Å². The van der Waals surface area contributed by atoms with Gasteiger partial charge in [-0.1, -0.05) is 11.6 Å². The Morgan fingerprint density at radius 2 is 2.09 bits per heavy atom. The highest BCUT2D eigenvalue weighted by Gasteiger charge is 2.14. The third-order valence-corrected chi connectivity index (χ3v) is 4.06. The number of nitrogens with zero attached hydrogens (tertiary/aromatic N) is 2. The second-order valence-electron chi connectivity index (χ2n) is 5.33. The number of pyridine rings is 2. The predicted molar refractivity (Wildman–Crippen MR) is 84.5 cm³/mol. The number of hydrogen-bond donors (Lipinski definition) is 1. The van der Waals surface area contributed by atoms with E-state index in [1.165, 1.54) is 12.3 Å². The lowest BCUT2D eigenvalue weighted by Crippen LogP contribution is -2.22. The first-order valence-corrected chi connectivity index (χ1v) is 7.70. The van der Waals surface area contributed by atoms with Gasteiger partial charge in [0.25, 0.3) is 0 Å². The molecule has 0 saturated carbocycles. The molecule has 1 N–H and O–H groups in total. The molecule has 0 unspecified atom stereocenters. The number of hydrogen-bond acceptors (Lipinski definition) is 4. The van der Waals surface area contributed by atoms with E-state index in [0.29, 0.717) is 22.2 Å². The van der Waals surface area contributed by atoms with Gasteiger partial charge in [-0.05, 0) is 37.0 Å². The van der Waals surface area contributed by atoms with E-state index in [0.717, 1.165) is 38.4 Å². The molecule has 116 valence electrons. The topological polar surface area (TPSA) is 47.0 Å². The molecule has 1 fully saturated rings. The van der Waals surface area contributed by atoms with E-state index in [9.17, 15) is 4.39 Å². The lowest BCUT2D eigenvalue weighted by molar-refractivity contribution is 0.0699. The van der Waals surface area contributed by atoms with Gasteiger partial charge in [-0.2, -0.15) is 4.39 Å². The first kappa shape index (κ1) is 15.2. The molecule has 22 heavy (non-hydrogen) atoms. The van der Waals surface area contributed by atoms with E-state index in [1.807, 2.05) is 6.07 Å². The summed E-state index contributed by atoms with van der Waals surface area (Å²) in [6.45, 7) is 2.49. The van der Waals surface area contributed by atoms with Gasteiger partial charge in [-0.15, -0.1) is 0 Å². The summed E-state index contributed by atoms with van der Waals surface area (Å²) < 4.78 is 18.6. The van der Waals surface area contributed by atoms with Crippen LogP contribution in [0, 0.1) is 11.9 Å². The Labute approximate surface area is 133 Å². The van der Waals surface area contributed by atoms with Crippen LogP contribution in [0.3, 0.4) is 0 Å². The summed E-state index contributed by atoms with van der Waals surface area (Å²) in [7, 11) is 0. The monoisotopic (exact) mass is 321 g/mol. The van der Waals surface area contributed by atoms with Crippen LogP contribution in [0.15, 0.2) is 30.5 Å². The van der Waals surface area contributed by atoms with Crippen molar-refractivity contribution in [2.24, 2.45) is 5.92 Å². The van der Waals surface area contributed by atoms with E-state index in [4.69, 9.17) is 16.3 Å². The van der Waals surface area contributed by atoms with Gasteiger partial charge >= 0.3 is 0 Å². The van der Waals surface area contributed by atoms with Crippen molar-refractivity contribution in [3.8, 4) is 11.3 Å². The van der Waals surface area contributed by atoms with E-state index >= 15 is 0 Å². The number of nitrogens with one attached hydrogen (secondary N) is 1. The Morgan fingerprint density at radius 1 is 1.27 bits per heavy atom. The molecular formula is C16H17ClFN3O. The fraction of sp³-hybridized carbons (Fsp3) is 0.375. The summed E-state index contributed by atoms with van der Waals surface area (Å²) in [5.74, 6) is 0.784. The predicted octanol–water partition coefficient (Wildman–Crippen LogP) is 3.77. The normalized spacial score (nSPS) is 15.7.